The first-order chi connectivity index (χ1) is 10.9. The number of rotatable bonds is 5. The molecule has 0 N–H and O–H groups in total. The van der Waals surface area contributed by atoms with Gasteiger partial charge in [0, 0.05) is 56.8 Å². The highest BCUT2D eigenvalue weighted by atomic mass is 32.2. The van der Waals surface area contributed by atoms with Gasteiger partial charge in [-0.05, 0) is 24.5 Å². The van der Waals surface area contributed by atoms with Gasteiger partial charge in [-0.15, -0.1) is 0 Å². The fraction of sp³-hybridized carbons (Fsp3) is 0.625. The van der Waals surface area contributed by atoms with Gasteiger partial charge < -0.3 is 4.90 Å². The lowest BCUT2D eigenvalue weighted by Gasteiger charge is -2.25. The number of fused-ring (bicyclic) bond motifs is 1. The van der Waals surface area contributed by atoms with Gasteiger partial charge in [0.15, 0.2) is 0 Å². The Kier molecular flexibility index (Phi) is 4.68. The highest BCUT2D eigenvalue weighted by molar-refractivity contribution is 7.90. The predicted octanol–water partition coefficient (Wildman–Crippen LogP) is 0.692. The topological polar surface area (TPSA) is 70.6 Å². The second kappa shape index (κ2) is 6.57. The van der Waals surface area contributed by atoms with E-state index in [1.807, 2.05) is 17.2 Å². The zero-order chi connectivity index (χ0) is 16.4. The maximum absolute atomic E-state index is 12.3. The number of nitrogens with zero attached hydrogens (tertiary/aromatic N) is 3. The van der Waals surface area contributed by atoms with E-state index in [0.29, 0.717) is 6.04 Å². The largest absolute Gasteiger partial charge is 0.338 e. The molecule has 126 valence electrons. The normalized spacial score (nSPS) is 24.8. The average Bonchev–Trinajstić information content (AvgIpc) is 3.08. The molecule has 2 saturated heterocycles. The van der Waals surface area contributed by atoms with E-state index in [-0.39, 0.29) is 24.1 Å². The number of aromatic nitrogens is 1. The maximum atomic E-state index is 12.3. The van der Waals surface area contributed by atoms with Crippen molar-refractivity contribution >= 4 is 15.7 Å². The lowest BCUT2D eigenvalue weighted by Crippen LogP contribution is -2.40. The molecular formula is C16H23N3O3S. The number of hydrogen-bond donors (Lipinski definition) is 0. The maximum Gasteiger partial charge on any atom is 0.223 e. The van der Waals surface area contributed by atoms with Crippen molar-refractivity contribution in [3.63, 3.8) is 0 Å². The van der Waals surface area contributed by atoms with Crippen molar-refractivity contribution in [1.82, 2.24) is 14.8 Å². The quantitative estimate of drug-likeness (QED) is 0.791. The summed E-state index contributed by atoms with van der Waals surface area (Å²) < 4.78 is 22.5. The molecule has 0 unspecified atom stereocenters. The zero-order valence-corrected chi connectivity index (χ0v) is 14.2. The lowest BCUT2D eigenvalue weighted by molar-refractivity contribution is -0.131. The van der Waals surface area contributed by atoms with Crippen molar-refractivity contribution in [2.24, 2.45) is 0 Å². The molecule has 6 nitrogen and oxygen atoms in total. The molecule has 3 rings (SSSR count). The van der Waals surface area contributed by atoms with Crippen LogP contribution in [-0.2, 0) is 21.2 Å². The van der Waals surface area contributed by atoms with Crippen LogP contribution in [0, 0.1) is 0 Å². The minimum atomic E-state index is -3.09. The third kappa shape index (κ3) is 3.90. The molecule has 2 atom stereocenters. The summed E-state index contributed by atoms with van der Waals surface area (Å²) in [7, 11) is -3.09. The van der Waals surface area contributed by atoms with Crippen LogP contribution in [0.25, 0.3) is 0 Å². The Labute approximate surface area is 137 Å². The fourth-order valence-electron chi connectivity index (χ4n) is 3.72. The van der Waals surface area contributed by atoms with Crippen LogP contribution in [-0.4, -0.2) is 66.3 Å². The van der Waals surface area contributed by atoms with E-state index in [9.17, 15) is 13.2 Å². The molecule has 23 heavy (non-hydrogen) atoms. The standard InChI is InChI=1S/C16H23N3O3S/c1-23(21,22)10-6-16(20)19-9-5-14-15(19)4-8-18(14)12-13-3-2-7-17-11-13/h2-3,7,11,14-15H,4-6,8-10,12H2,1H3/t14-,15+/m0/s1. The minimum absolute atomic E-state index is 0.0221. The molecule has 2 aliphatic rings. The Morgan fingerprint density at radius 1 is 1.30 bits per heavy atom. The molecule has 2 aliphatic heterocycles. The summed E-state index contributed by atoms with van der Waals surface area (Å²) in [6.45, 7) is 2.57. The van der Waals surface area contributed by atoms with Gasteiger partial charge in [-0.3, -0.25) is 14.7 Å². The Morgan fingerprint density at radius 3 is 2.78 bits per heavy atom. The number of pyridine rings is 1. The van der Waals surface area contributed by atoms with Crippen LogP contribution >= 0.6 is 0 Å². The molecule has 7 heteroatoms. The van der Waals surface area contributed by atoms with Crippen LogP contribution in [0.15, 0.2) is 24.5 Å². The molecule has 0 aromatic carbocycles. The monoisotopic (exact) mass is 337 g/mol. The van der Waals surface area contributed by atoms with Gasteiger partial charge in [0.05, 0.1) is 5.75 Å². The summed E-state index contributed by atoms with van der Waals surface area (Å²) in [6.07, 6.45) is 6.87. The molecular weight excluding hydrogens is 314 g/mol. The number of hydrogen-bond acceptors (Lipinski definition) is 5. The van der Waals surface area contributed by atoms with Crippen molar-refractivity contribution in [3.05, 3.63) is 30.1 Å². The number of sulfone groups is 1. The number of carbonyl (C=O) groups is 1. The van der Waals surface area contributed by atoms with Crippen molar-refractivity contribution in [3.8, 4) is 0 Å². The molecule has 0 spiro atoms. The van der Waals surface area contributed by atoms with Crippen LogP contribution < -0.4 is 0 Å². The molecule has 0 bridgehead atoms. The number of carbonyl (C=O) groups excluding carboxylic acids is 1. The molecule has 0 radical (unpaired) electrons. The van der Waals surface area contributed by atoms with Crippen LogP contribution in [0.2, 0.25) is 0 Å². The van der Waals surface area contributed by atoms with Crippen molar-refractivity contribution in [2.75, 3.05) is 25.1 Å². The van der Waals surface area contributed by atoms with E-state index in [0.717, 1.165) is 32.5 Å². The molecule has 1 aromatic heterocycles. The second-order valence-corrected chi connectivity index (χ2v) is 8.77. The van der Waals surface area contributed by atoms with Gasteiger partial charge in [-0.1, -0.05) is 6.07 Å². The summed E-state index contributed by atoms with van der Waals surface area (Å²) in [5, 5.41) is 0. The van der Waals surface area contributed by atoms with E-state index in [1.165, 1.54) is 11.8 Å². The summed E-state index contributed by atoms with van der Waals surface area (Å²) in [5.41, 5.74) is 1.19. The van der Waals surface area contributed by atoms with Gasteiger partial charge >= 0.3 is 0 Å². The van der Waals surface area contributed by atoms with Crippen molar-refractivity contribution in [1.29, 1.82) is 0 Å². The summed E-state index contributed by atoms with van der Waals surface area (Å²) >= 11 is 0. The van der Waals surface area contributed by atoms with Gasteiger partial charge in [-0.2, -0.15) is 0 Å². The van der Waals surface area contributed by atoms with Crippen LogP contribution in [0.5, 0.6) is 0 Å². The Balaban J connectivity index is 1.59. The molecule has 0 aliphatic carbocycles. The van der Waals surface area contributed by atoms with Crippen LogP contribution in [0.4, 0.5) is 0 Å². The first-order valence-electron chi connectivity index (χ1n) is 8.04. The van der Waals surface area contributed by atoms with Gasteiger partial charge in [0.25, 0.3) is 0 Å². The number of amides is 1. The van der Waals surface area contributed by atoms with Gasteiger partial charge in [-0.25, -0.2) is 8.42 Å². The second-order valence-electron chi connectivity index (χ2n) is 6.51. The highest BCUT2D eigenvalue weighted by Crippen LogP contribution is 2.32. The molecule has 1 amide bonds. The smallest absolute Gasteiger partial charge is 0.223 e. The zero-order valence-electron chi connectivity index (χ0n) is 13.4. The first kappa shape index (κ1) is 16.4. The first-order valence-corrected chi connectivity index (χ1v) is 10.1. The highest BCUT2D eigenvalue weighted by Gasteiger charge is 2.43. The Bertz CT molecular complexity index is 662. The van der Waals surface area contributed by atoms with E-state index < -0.39 is 9.84 Å². The van der Waals surface area contributed by atoms with Crippen LogP contribution in [0.1, 0.15) is 24.8 Å². The average molecular weight is 337 g/mol. The minimum Gasteiger partial charge on any atom is -0.338 e. The molecule has 2 fully saturated rings. The van der Waals surface area contributed by atoms with E-state index in [1.54, 1.807) is 6.20 Å². The molecule has 1 aromatic rings. The van der Waals surface area contributed by atoms with E-state index >= 15 is 0 Å². The summed E-state index contributed by atoms with van der Waals surface area (Å²) in [4.78, 5) is 20.8. The van der Waals surface area contributed by atoms with E-state index in [4.69, 9.17) is 0 Å². The summed E-state index contributed by atoms with van der Waals surface area (Å²) in [6, 6.07) is 4.64. The summed E-state index contributed by atoms with van der Waals surface area (Å²) in [5.74, 6) is -0.0785. The number of likely N-dealkylation sites (tertiary alicyclic amines) is 2. The molecule has 0 saturated carbocycles. The van der Waals surface area contributed by atoms with Crippen molar-refractivity contribution < 1.29 is 13.2 Å². The third-order valence-electron chi connectivity index (χ3n) is 4.81. The Hall–Kier alpha value is -1.47. The van der Waals surface area contributed by atoms with Gasteiger partial charge in [0.1, 0.15) is 9.84 Å². The lowest BCUT2D eigenvalue weighted by atomic mass is 10.1. The third-order valence-corrected chi connectivity index (χ3v) is 5.75. The fourth-order valence-corrected chi connectivity index (χ4v) is 4.27. The van der Waals surface area contributed by atoms with Gasteiger partial charge in [0.2, 0.25) is 5.91 Å². The predicted molar refractivity (Wildman–Crippen MR) is 87.5 cm³/mol. The van der Waals surface area contributed by atoms with Crippen LogP contribution in [0.3, 0.4) is 0 Å². The SMILES string of the molecule is CS(=O)(=O)CCC(=O)N1CC[C@H]2[C@H]1CCN2Cc1cccnc1. The molecule has 3 heterocycles. The van der Waals surface area contributed by atoms with Crippen molar-refractivity contribution in [2.45, 2.75) is 37.9 Å². The Morgan fingerprint density at radius 2 is 2.09 bits per heavy atom. The van der Waals surface area contributed by atoms with E-state index in [2.05, 4.69) is 16.0 Å².